The SMILES string of the molecule is CCCCN(CC)S(=O)(=O)C1=Cc2ccc(OC(F)F)cc2CC1. The quantitative estimate of drug-likeness (QED) is 0.704. The average molecular weight is 359 g/mol. The molecule has 0 saturated heterocycles. The van der Waals surface area contributed by atoms with Gasteiger partial charge in [-0.1, -0.05) is 26.3 Å². The number of fused-ring (bicyclic) bond motifs is 1. The van der Waals surface area contributed by atoms with Crippen molar-refractivity contribution in [2.45, 2.75) is 46.1 Å². The standard InChI is InChI=1S/C17H23F2NO3S/c1-3-5-10-20(4-2)24(21,22)16-9-7-13-11-15(23-17(18)19)8-6-14(13)12-16/h6,8,11-12,17H,3-5,7,9-10H2,1-2H3. The molecular weight excluding hydrogens is 336 g/mol. The third kappa shape index (κ3) is 4.33. The van der Waals surface area contributed by atoms with Gasteiger partial charge in [-0.05, 0) is 48.6 Å². The van der Waals surface area contributed by atoms with Crippen LogP contribution >= 0.6 is 0 Å². The van der Waals surface area contributed by atoms with Crippen LogP contribution in [0.4, 0.5) is 8.78 Å². The molecule has 0 heterocycles. The summed E-state index contributed by atoms with van der Waals surface area (Å²) in [7, 11) is -3.48. The van der Waals surface area contributed by atoms with Crippen LogP contribution in [0.5, 0.6) is 5.75 Å². The number of hydrogen-bond donors (Lipinski definition) is 0. The van der Waals surface area contributed by atoms with Crippen molar-refractivity contribution in [3.63, 3.8) is 0 Å². The fraction of sp³-hybridized carbons (Fsp3) is 0.529. The van der Waals surface area contributed by atoms with Gasteiger partial charge in [0.15, 0.2) is 0 Å². The number of ether oxygens (including phenoxy) is 1. The minimum Gasteiger partial charge on any atom is -0.435 e. The molecule has 2 rings (SSSR count). The number of aryl methyl sites for hydroxylation is 1. The fourth-order valence-electron chi connectivity index (χ4n) is 2.77. The number of hydrogen-bond acceptors (Lipinski definition) is 3. The zero-order valence-electron chi connectivity index (χ0n) is 14.0. The number of sulfonamides is 1. The minimum atomic E-state index is -3.48. The second-order valence-corrected chi connectivity index (χ2v) is 7.69. The molecule has 0 N–H and O–H groups in total. The molecule has 4 nitrogen and oxygen atoms in total. The van der Waals surface area contributed by atoms with Crippen molar-refractivity contribution in [1.82, 2.24) is 4.31 Å². The lowest BCUT2D eigenvalue weighted by molar-refractivity contribution is -0.0498. The Morgan fingerprint density at radius 3 is 2.62 bits per heavy atom. The smallest absolute Gasteiger partial charge is 0.387 e. The lowest BCUT2D eigenvalue weighted by Crippen LogP contribution is -2.33. The monoisotopic (exact) mass is 359 g/mol. The molecule has 0 amide bonds. The maximum Gasteiger partial charge on any atom is 0.387 e. The van der Waals surface area contributed by atoms with Crippen LogP contribution in [0.1, 0.15) is 44.2 Å². The van der Waals surface area contributed by atoms with Crippen LogP contribution < -0.4 is 4.74 Å². The van der Waals surface area contributed by atoms with Crippen LogP contribution in [-0.2, 0) is 16.4 Å². The van der Waals surface area contributed by atoms with Crippen LogP contribution in [0.15, 0.2) is 23.1 Å². The normalized spacial score (nSPS) is 14.7. The zero-order valence-corrected chi connectivity index (χ0v) is 14.8. The third-order valence-electron chi connectivity index (χ3n) is 4.08. The minimum absolute atomic E-state index is 0.0987. The van der Waals surface area contributed by atoms with Gasteiger partial charge in [0.1, 0.15) is 5.75 Å². The summed E-state index contributed by atoms with van der Waals surface area (Å²) in [6.07, 6.45) is 4.27. The Morgan fingerprint density at radius 2 is 2.00 bits per heavy atom. The first-order valence-electron chi connectivity index (χ1n) is 8.17. The fourth-order valence-corrected chi connectivity index (χ4v) is 4.45. The van der Waals surface area contributed by atoms with E-state index in [1.54, 1.807) is 18.2 Å². The van der Waals surface area contributed by atoms with Gasteiger partial charge in [0.05, 0.1) is 4.91 Å². The number of unbranched alkanes of at least 4 members (excludes halogenated alkanes) is 1. The van der Waals surface area contributed by atoms with Gasteiger partial charge in [0.25, 0.3) is 0 Å². The van der Waals surface area contributed by atoms with Crippen molar-refractivity contribution in [3.8, 4) is 5.75 Å². The number of alkyl halides is 2. The Hall–Kier alpha value is -1.47. The summed E-state index contributed by atoms with van der Waals surface area (Å²) in [5.74, 6) is 0.0987. The molecule has 1 aliphatic carbocycles. The Bertz CT molecular complexity index is 702. The molecule has 0 radical (unpaired) electrons. The highest BCUT2D eigenvalue weighted by atomic mass is 32.2. The van der Waals surface area contributed by atoms with Gasteiger partial charge < -0.3 is 4.74 Å². The predicted octanol–water partition coefficient (Wildman–Crippen LogP) is 4.03. The van der Waals surface area contributed by atoms with Gasteiger partial charge in [-0.25, -0.2) is 8.42 Å². The van der Waals surface area contributed by atoms with Gasteiger partial charge in [0.2, 0.25) is 10.0 Å². The van der Waals surface area contributed by atoms with Crippen LogP contribution in [0, 0.1) is 0 Å². The van der Waals surface area contributed by atoms with Crippen LogP contribution in [0.25, 0.3) is 6.08 Å². The maximum absolute atomic E-state index is 12.8. The summed E-state index contributed by atoms with van der Waals surface area (Å²) in [5, 5.41) is 0. The molecule has 0 atom stereocenters. The highest BCUT2D eigenvalue weighted by Gasteiger charge is 2.27. The maximum atomic E-state index is 12.8. The van der Waals surface area contributed by atoms with E-state index in [-0.39, 0.29) is 5.75 Å². The van der Waals surface area contributed by atoms with Gasteiger partial charge in [-0.3, -0.25) is 0 Å². The molecule has 134 valence electrons. The van der Waals surface area contributed by atoms with E-state index in [0.29, 0.717) is 30.8 Å². The number of nitrogens with zero attached hydrogens (tertiary/aromatic N) is 1. The molecule has 1 aromatic carbocycles. The zero-order chi connectivity index (χ0) is 17.7. The lowest BCUT2D eigenvalue weighted by atomic mass is 9.97. The molecule has 1 aliphatic rings. The molecular formula is C17H23F2NO3S. The van der Waals surface area contributed by atoms with Crippen molar-refractivity contribution in [2.75, 3.05) is 13.1 Å². The van der Waals surface area contributed by atoms with E-state index in [0.717, 1.165) is 24.0 Å². The molecule has 0 fully saturated rings. The summed E-state index contributed by atoms with van der Waals surface area (Å²) in [5.41, 5.74) is 1.57. The van der Waals surface area contributed by atoms with E-state index in [4.69, 9.17) is 0 Å². The molecule has 0 spiro atoms. The largest absolute Gasteiger partial charge is 0.435 e. The molecule has 0 unspecified atom stereocenters. The van der Waals surface area contributed by atoms with Crippen molar-refractivity contribution in [1.29, 1.82) is 0 Å². The van der Waals surface area contributed by atoms with Crippen molar-refractivity contribution in [3.05, 3.63) is 34.2 Å². The highest BCUT2D eigenvalue weighted by molar-refractivity contribution is 7.93. The Labute approximate surface area is 142 Å². The second kappa shape index (κ2) is 8.07. The molecule has 24 heavy (non-hydrogen) atoms. The van der Waals surface area contributed by atoms with E-state index >= 15 is 0 Å². The average Bonchev–Trinajstić information content (AvgIpc) is 2.54. The highest BCUT2D eigenvalue weighted by Crippen LogP contribution is 2.31. The third-order valence-corrected chi connectivity index (χ3v) is 6.19. The lowest BCUT2D eigenvalue weighted by Gasteiger charge is -2.24. The van der Waals surface area contributed by atoms with Gasteiger partial charge in [-0.15, -0.1) is 0 Å². The Balaban J connectivity index is 2.26. The molecule has 0 saturated carbocycles. The van der Waals surface area contributed by atoms with E-state index < -0.39 is 16.6 Å². The van der Waals surface area contributed by atoms with Crippen molar-refractivity contribution >= 4 is 16.1 Å². The van der Waals surface area contributed by atoms with E-state index in [1.807, 2.05) is 13.8 Å². The number of rotatable bonds is 8. The summed E-state index contributed by atoms with van der Waals surface area (Å²) in [6.45, 7) is 1.94. The number of benzene rings is 1. The van der Waals surface area contributed by atoms with Crippen molar-refractivity contribution in [2.24, 2.45) is 0 Å². The van der Waals surface area contributed by atoms with Crippen LogP contribution in [0.3, 0.4) is 0 Å². The summed E-state index contributed by atoms with van der Waals surface area (Å²) in [6, 6.07) is 4.62. The summed E-state index contributed by atoms with van der Waals surface area (Å²) in [4.78, 5) is 0.385. The summed E-state index contributed by atoms with van der Waals surface area (Å²) >= 11 is 0. The first-order chi connectivity index (χ1) is 11.4. The Kier molecular flexibility index (Phi) is 6.34. The van der Waals surface area contributed by atoms with E-state index in [9.17, 15) is 17.2 Å². The predicted molar refractivity (Wildman–Crippen MR) is 90.4 cm³/mol. The van der Waals surface area contributed by atoms with E-state index in [2.05, 4.69) is 4.74 Å². The first kappa shape index (κ1) is 18.9. The van der Waals surface area contributed by atoms with Gasteiger partial charge in [0, 0.05) is 13.1 Å². The molecule has 7 heteroatoms. The topological polar surface area (TPSA) is 46.6 Å². The molecule has 0 aliphatic heterocycles. The van der Waals surface area contributed by atoms with Gasteiger partial charge in [-0.2, -0.15) is 13.1 Å². The van der Waals surface area contributed by atoms with E-state index in [1.165, 1.54) is 10.4 Å². The first-order valence-corrected chi connectivity index (χ1v) is 9.61. The summed E-state index contributed by atoms with van der Waals surface area (Å²) < 4.78 is 56.0. The number of allylic oxidation sites excluding steroid dienone is 1. The van der Waals surface area contributed by atoms with Crippen LogP contribution in [0.2, 0.25) is 0 Å². The van der Waals surface area contributed by atoms with Gasteiger partial charge >= 0.3 is 6.61 Å². The molecule has 1 aromatic rings. The van der Waals surface area contributed by atoms with Crippen molar-refractivity contribution < 1.29 is 21.9 Å². The molecule has 0 aromatic heterocycles. The number of halogens is 2. The molecule has 0 bridgehead atoms. The Morgan fingerprint density at radius 1 is 1.25 bits per heavy atom. The second-order valence-electron chi connectivity index (χ2n) is 5.70. The van der Waals surface area contributed by atoms with Crippen LogP contribution in [-0.4, -0.2) is 32.4 Å².